The molecule has 0 atom stereocenters. The first-order valence-corrected chi connectivity index (χ1v) is 9.50. The van der Waals surface area contributed by atoms with Crippen LogP contribution in [0.3, 0.4) is 0 Å². The maximum atomic E-state index is 11.5. The SMILES string of the molecule is O=S(=O)(O)c1cccc2cc(N=Nc3c(O)ccc4ccccc34)ccc12. The van der Waals surface area contributed by atoms with E-state index < -0.39 is 10.1 Å². The van der Waals surface area contributed by atoms with Crippen LogP contribution in [0.5, 0.6) is 5.75 Å². The fourth-order valence-corrected chi connectivity index (χ4v) is 3.70. The van der Waals surface area contributed by atoms with Crippen molar-refractivity contribution in [2.24, 2.45) is 10.2 Å². The van der Waals surface area contributed by atoms with Gasteiger partial charge in [-0.1, -0.05) is 48.5 Å². The van der Waals surface area contributed by atoms with Gasteiger partial charge in [-0.25, -0.2) is 0 Å². The van der Waals surface area contributed by atoms with E-state index in [0.29, 0.717) is 22.1 Å². The summed E-state index contributed by atoms with van der Waals surface area (Å²) < 4.78 is 32.3. The molecule has 0 fully saturated rings. The number of nitrogens with zero attached hydrogens (tertiary/aromatic N) is 2. The molecule has 4 aromatic carbocycles. The van der Waals surface area contributed by atoms with Gasteiger partial charge in [-0.3, -0.25) is 4.55 Å². The summed E-state index contributed by atoms with van der Waals surface area (Å²) in [6, 6.07) is 20.3. The Bertz CT molecular complexity index is 1310. The van der Waals surface area contributed by atoms with Crippen molar-refractivity contribution in [1.82, 2.24) is 0 Å². The average Bonchev–Trinajstić information content (AvgIpc) is 2.66. The molecule has 27 heavy (non-hydrogen) atoms. The van der Waals surface area contributed by atoms with E-state index in [1.54, 1.807) is 42.5 Å². The maximum Gasteiger partial charge on any atom is 0.295 e. The van der Waals surface area contributed by atoms with Crippen LogP contribution in [-0.2, 0) is 10.1 Å². The normalized spacial score (nSPS) is 12.2. The van der Waals surface area contributed by atoms with Crippen LogP contribution in [0.4, 0.5) is 11.4 Å². The first-order chi connectivity index (χ1) is 12.9. The number of hydrogen-bond donors (Lipinski definition) is 2. The predicted molar refractivity (Wildman–Crippen MR) is 104 cm³/mol. The van der Waals surface area contributed by atoms with Gasteiger partial charge in [0.1, 0.15) is 16.3 Å². The van der Waals surface area contributed by atoms with E-state index in [9.17, 15) is 18.1 Å². The molecule has 0 heterocycles. The summed E-state index contributed by atoms with van der Waals surface area (Å²) in [7, 11) is -4.31. The number of phenolic OH excluding ortho intramolecular Hbond substituents is 1. The number of benzene rings is 4. The van der Waals surface area contributed by atoms with Gasteiger partial charge in [-0.2, -0.15) is 13.5 Å². The van der Waals surface area contributed by atoms with Crippen molar-refractivity contribution in [3.05, 3.63) is 72.8 Å². The minimum Gasteiger partial charge on any atom is -0.506 e. The third kappa shape index (κ3) is 3.25. The molecule has 0 radical (unpaired) electrons. The molecular formula is C20H14N2O4S. The van der Waals surface area contributed by atoms with Gasteiger partial charge in [0.25, 0.3) is 10.1 Å². The summed E-state index contributed by atoms with van der Waals surface area (Å²) in [5.41, 5.74) is 0.849. The fraction of sp³-hybridized carbons (Fsp3) is 0. The molecule has 134 valence electrons. The Kier molecular flexibility index (Phi) is 4.10. The van der Waals surface area contributed by atoms with Gasteiger partial charge in [0.15, 0.2) is 0 Å². The zero-order valence-corrected chi connectivity index (χ0v) is 14.8. The summed E-state index contributed by atoms with van der Waals surface area (Å²) in [4.78, 5) is -0.157. The molecule has 2 N–H and O–H groups in total. The molecule has 0 aliphatic carbocycles. The standard InChI is InChI=1S/C20H14N2O4S/c23-18-11-8-13-4-1-2-6-17(13)20(18)22-21-15-9-10-16-14(12-15)5-3-7-19(16)27(24,25)26/h1-12,23H,(H,24,25,26). The van der Waals surface area contributed by atoms with Crippen molar-refractivity contribution in [1.29, 1.82) is 0 Å². The zero-order valence-electron chi connectivity index (χ0n) is 13.9. The molecule has 4 aromatic rings. The monoisotopic (exact) mass is 378 g/mol. The van der Waals surface area contributed by atoms with E-state index >= 15 is 0 Å². The summed E-state index contributed by atoms with van der Waals surface area (Å²) in [5.74, 6) is 0.0203. The van der Waals surface area contributed by atoms with Crippen LogP contribution < -0.4 is 0 Å². The summed E-state index contributed by atoms with van der Waals surface area (Å²) in [6.45, 7) is 0. The Hall–Kier alpha value is -3.29. The highest BCUT2D eigenvalue weighted by molar-refractivity contribution is 7.86. The molecule has 0 saturated carbocycles. The first kappa shape index (κ1) is 17.1. The van der Waals surface area contributed by atoms with Crippen molar-refractivity contribution >= 4 is 43.0 Å². The van der Waals surface area contributed by atoms with Gasteiger partial charge in [0.2, 0.25) is 0 Å². The van der Waals surface area contributed by atoms with Crippen molar-refractivity contribution < 1.29 is 18.1 Å². The van der Waals surface area contributed by atoms with Crippen LogP contribution in [0.25, 0.3) is 21.5 Å². The first-order valence-electron chi connectivity index (χ1n) is 8.06. The second kappa shape index (κ2) is 6.46. The number of rotatable bonds is 3. The Morgan fingerprint density at radius 3 is 2.33 bits per heavy atom. The van der Waals surface area contributed by atoms with E-state index in [1.807, 2.05) is 24.3 Å². The Labute approximate surface area is 155 Å². The van der Waals surface area contributed by atoms with Crippen molar-refractivity contribution in [2.45, 2.75) is 4.90 Å². The van der Waals surface area contributed by atoms with Gasteiger partial charge >= 0.3 is 0 Å². The Morgan fingerprint density at radius 1 is 0.741 bits per heavy atom. The van der Waals surface area contributed by atoms with E-state index in [2.05, 4.69) is 10.2 Å². The number of phenols is 1. The fourth-order valence-electron chi connectivity index (χ4n) is 2.98. The second-order valence-electron chi connectivity index (χ2n) is 5.99. The minimum atomic E-state index is -4.31. The van der Waals surface area contributed by atoms with Crippen LogP contribution in [0.15, 0.2) is 87.9 Å². The van der Waals surface area contributed by atoms with Gasteiger partial charge in [-0.05, 0) is 35.0 Å². The topological polar surface area (TPSA) is 99.3 Å². The molecule has 0 aliphatic heterocycles. The summed E-state index contributed by atoms with van der Waals surface area (Å²) in [6.07, 6.45) is 0. The number of azo groups is 1. The highest BCUT2D eigenvalue weighted by Crippen LogP contribution is 2.36. The average molecular weight is 378 g/mol. The largest absolute Gasteiger partial charge is 0.506 e. The van der Waals surface area contributed by atoms with Gasteiger partial charge < -0.3 is 5.11 Å². The molecule has 0 aromatic heterocycles. The van der Waals surface area contributed by atoms with Crippen molar-refractivity contribution in [3.63, 3.8) is 0 Å². The third-order valence-electron chi connectivity index (χ3n) is 4.25. The molecule has 0 unspecified atom stereocenters. The van der Waals surface area contributed by atoms with Crippen LogP contribution in [0.2, 0.25) is 0 Å². The highest BCUT2D eigenvalue weighted by Gasteiger charge is 2.13. The lowest BCUT2D eigenvalue weighted by atomic mass is 10.1. The Morgan fingerprint density at radius 2 is 1.52 bits per heavy atom. The smallest absolute Gasteiger partial charge is 0.295 e. The highest BCUT2D eigenvalue weighted by atomic mass is 32.2. The lowest BCUT2D eigenvalue weighted by molar-refractivity contribution is 0.477. The molecule has 0 amide bonds. The maximum absolute atomic E-state index is 11.5. The van der Waals surface area contributed by atoms with Gasteiger partial charge in [-0.15, -0.1) is 5.11 Å². The van der Waals surface area contributed by atoms with Crippen LogP contribution in [0.1, 0.15) is 0 Å². The van der Waals surface area contributed by atoms with Crippen LogP contribution in [0, 0.1) is 0 Å². The number of aromatic hydroxyl groups is 1. The molecular weight excluding hydrogens is 364 g/mol. The lowest BCUT2D eigenvalue weighted by Gasteiger charge is -2.05. The van der Waals surface area contributed by atoms with E-state index in [0.717, 1.165) is 10.8 Å². The second-order valence-corrected chi connectivity index (χ2v) is 7.38. The number of hydrogen-bond acceptors (Lipinski definition) is 5. The van der Waals surface area contributed by atoms with Crippen LogP contribution >= 0.6 is 0 Å². The lowest BCUT2D eigenvalue weighted by Crippen LogP contribution is -1.98. The Balaban J connectivity index is 1.80. The summed E-state index contributed by atoms with van der Waals surface area (Å²) >= 11 is 0. The molecule has 0 aliphatic rings. The third-order valence-corrected chi connectivity index (χ3v) is 5.16. The van der Waals surface area contributed by atoms with Gasteiger partial charge in [0.05, 0.1) is 5.69 Å². The zero-order chi connectivity index (χ0) is 19.0. The minimum absolute atomic E-state index is 0.0203. The predicted octanol–water partition coefficient (Wildman–Crippen LogP) is 5.36. The molecule has 6 nitrogen and oxygen atoms in total. The molecule has 0 bridgehead atoms. The van der Waals surface area contributed by atoms with Crippen LogP contribution in [-0.4, -0.2) is 18.1 Å². The van der Waals surface area contributed by atoms with E-state index in [4.69, 9.17) is 0 Å². The van der Waals surface area contributed by atoms with E-state index in [-0.39, 0.29) is 10.6 Å². The number of fused-ring (bicyclic) bond motifs is 2. The molecule has 0 spiro atoms. The molecule has 0 saturated heterocycles. The summed E-state index contributed by atoms with van der Waals surface area (Å²) in [5, 5.41) is 21.2. The molecule has 4 rings (SSSR count). The molecule has 7 heteroatoms. The van der Waals surface area contributed by atoms with Crippen molar-refractivity contribution in [3.8, 4) is 5.75 Å². The van der Waals surface area contributed by atoms with Crippen molar-refractivity contribution in [2.75, 3.05) is 0 Å². The quantitative estimate of drug-likeness (QED) is 0.370. The van der Waals surface area contributed by atoms with Gasteiger partial charge in [0, 0.05) is 10.8 Å². The van der Waals surface area contributed by atoms with E-state index in [1.165, 1.54) is 6.07 Å².